The van der Waals surface area contributed by atoms with Gasteiger partial charge in [-0.15, -0.1) is 0 Å². The number of hydrogen-bond donors (Lipinski definition) is 2. The number of benzene rings is 1. The third-order valence-corrected chi connectivity index (χ3v) is 3.03. The molecule has 0 aliphatic rings. The van der Waals surface area contributed by atoms with E-state index in [-0.39, 0.29) is 5.82 Å². The number of nitrogens with zero attached hydrogens (tertiary/aromatic N) is 2. The lowest BCUT2D eigenvalue weighted by molar-refractivity contribution is 0.627. The highest BCUT2D eigenvalue weighted by Gasteiger charge is 2.04. The Labute approximate surface area is 119 Å². The fourth-order valence-corrected chi connectivity index (χ4v) is 1.85. The van der Waals surface area contributed by atoms with Gasteiger partial charge in [-0.2, -0.15) is 4.98 Å². The number of aromatic nitrogens is 2. The van der Waals surface area contributed by atoms with Crippen molar-refractivity contribution >= 4 is 27.7 Å². The first kappa shape index (κ1) is 13.7. The molecule has 0 bridgehead atoms. The molecule has 2 aromatic rings. The Morgan fingerprint density at radius 3 is 2.63 bits per heavy atom. The summed E-state index contributed by atoms with van der Waals surface area (Å²) in [6.45, 7) is 3.32. The molecule has 1 heterocycles. The molecule has 100 valence electrons. The van der Waals surface area contributed by atoms with Crippen LogP contribution in [0.3, 0.4) is 0 Å². The Morgan fingerprint density at radius 2 is 1.95 bits per heavy atom. The van der Waals surface area contributed by atoms with E-state index in [0.29, 0.717) is 18.3 Å². The van der Waals surface area contributed by atoms with E-state index in [1.54, 1.807) is 18.3 Å². The minimum absolute atomic E-state index is 0.235. The summed E-state index contributed by atoms with van der Waals surface area (Å²) in [4.78, 5) is 8.48. The zero-order valence-corrected chi connectivity index (χ0v) is 12.0. The monoisotopic (exact) mass is 324 g/mol. The zero-order valence-electron chi connectivity index (χ0n) is 10.5. The molecule has 6 heteroatoms. The van der Waals surface area contributed by atoms with Gasteiger partial charge in [0.2, 0.25) is 5.95 Å². The summed E-state index contributed by atoms with van der Waals surface area (Å²) < 4.78 is 13.6. The lowest BCUT2D eigenvalue weighted by atomic mass is 10.2. The minimum atomic E-state index is -0.235. The standard InChI is InChI=1S/C13H14BrFN4/c1-2-16-13-18-8-11(14)12(19-13)17-7-9-3-5-10(15)6-4-9/h3-6,8H,2,7H2,1H3,(H2,16,17,18,19). The maximum Gasteiger partial charge on any atom is 0.224 e. The summed E-state index contributed by atoms with van der Waals surface area (Å²) in [5.74, 6) is 1.05. The molecule has 1 aromatic heterocycles. The lowest BCUT2D eigenvalue weighted by Crippen LogP contribution is -2.07. The smallest absolute Gasteiger partial charge is 0.224 e. The van der Waals surface area contributed by atoms with Crippen LogP contribution in [-0.2, 0) is 6.54 Å². The van der Waals surface area contributed by atoms with Crippen LogP contribution in [0.4, 0.5) is 16.2 Å². The van der Waals surface area contributed by atoms with Crippen molar-refractivity contribution in [3.05, 3.63) is 46.3 Å². The fraction of sp³-hybridized carbons (Fsp3) is 0.231. The van der Waals surface area contributed by atoms with E-state index >= 15 is 0 Å². The molecule has 2 rings (SSSR count). The Kier molecular flexibility index (Phi) is 4.68. The van der Waals surface area contributed by atoms with E-state index in [2.05, 4.69) is 36.5 Å². The van der Waals surface area contributed by atoms with Crippen LogP contribution < -0.4 is 10.6 Å². The fourth-order valence-electron chi connectivity index (χ4n) is 1.52. The first-order chi connectivity index (χ1) is 9.19. The first-order valence-corrected chi connectivity index (χ1v) is 6.73. The second kappa shape index (κ2) is 6.47. The van der Waals surface area contributed by atoms with Gasteiger partial charge in [-0.05, 0) is 40.5 Å². The molecule has 0 aliphatic carbocycles. The first-order valence-electron chi connectivity index (χ1n) is 5.93. The van der Waals surface area contributed by atoms with Crippen LogP contribution in [-0.4, -0.2) is 16.5 Å². The van der Waals surface area contributed by atoms with Gasteiger partial charge in [0, 0.05) is 19.3 Å². The van der Waals surface area contributed by atoms with Gasteiger partial charge < -0.3 is 10.6 Å². The molecule has 0 atom stereocenters. The van der Waals surface area contributed by atoms with E-state index in [4.69, 9.17) is 0 Å². The number of nitrogens with one attached hydrogen (secondary N) is 2. The summed E-state index contributed by atoms with van der Waals surface area (Å²) in [7, 11) is 0. The molecular formula is C13H14BrFN4. The normalized spacial score (nSPS) is 10.3. The third kappa shape index (κ3) is 3.89. The topological polar surface area (TPSA) is 49.8 Å². The van der Waals surface area contributed by atoms with Crippen molar-refractivity contribution < 1.29 is 4.39 Å². The van der Waals surface area contributed by atoms with Crippen LogP contribution in [0.25, 0.3) is 0 Å². The van der Waals surface area contributed by atoms with Gasteiger partial charge in [0.15, 0.2) is 0 Å². The van der Waals surface area contributed by atoms with E-state index in [1.807, 2.05) is 6.92 Å². The van der Waals surface area contributed by atoms with Crippen molar-refractivity contribution in [3.8, 4) is 0 Å². The van der Waals surface area contributed by atoms with Crippen molar-refractivity contribution in [1.29, 1.82) is 0 Å². The highest BCUT2D eigenvalue weighted by atomic mass is 79.9. The summed E-state index contributed by atoms with van der Waals surface area (Å²) in [6.07, 6.45) is 1.69. The average Bonchev–Trinajstić information content (AvgIpc) is 2.41. The lowest BCUT2D eigenvalue weighted by Gasteiger charge is -2.09. The minimum Gasteiger partial charge on any atom is -0.365 e. The van der Waals surface area contributed by atoms with Gasteiger partial charge in [-0.1, -0.05) is 12.1 Å². The van der Waals surface area contributed by atoms with Crippen molar-refractivity contribution in [2.45, 2.75) is 13.5 Å². The molecule has 4 nitrogen and oxygen atoms in total. The number of rotatable bonds is 5. The molecule has 0 saturated carbocycles. The largest absolute Gasteiger partial charge is 0.365 e. The number of anilines is 2. The van der Waals surface area contributed by atoms with Crippen LogP contribution in [0.2, 0.25) is 0 Å². The van der Waals surface area contributed by atoms with E-state index in [0.717, 1.165) is 16.6 Å². The van der Waals surface area contributed by atoms with Crippen LogP contribution in [0.5, 0.6) is 0 Å². The molecule has 0 fully saturated rings. The molecule has 2 N–H and O–H groups in total. The number of halogens is 2. The maximum absolute atomic E-state index is 12.8. The molecule has 0 radical (unpaired) electrons. The molecule has 0 saturated heterocycles. The van der Waals surface area contributed by atoms with Crippen molar-refractivity contribution in [3.63, 3.8) is 0 Å². The quantitative estimate of drug-likeness (QED) is 0.884. The van der Waals surface area contributed by atoms with Gasteiger partial charge in [0.1, 0.15) is 11.6 Å². The van der Waals surface area contributed by atoms with Crippen molar-refractivity contribution in [2.75, 3.05) is 17.2 Å². The highest BCUT2D eigenvalue weighted by Crippen LogP contribution is 2.20. The van der Waals surface area contributed by atoms with Gasteiger partial charge in [-0.25, -0.2) is 9.37 Å². The number of hydrogen-bond acceptors (Lipinski definition) is 4. The van der Waals surface area contributed by atoms with Crippen LogP contribution >= 0.6 is 15.9 Å². The Hall–Kier alpha value is -1.69. The van der Waals surface area contributed by atoms with Gasteiger partial charge in [-0.3, -0.25) is 0 Å². The highest BCUT2D eigenvalue weighted by molar-refractivity contribution is 9.10. The molecular weight excluding hydrogens is 311 g/mol. The van der Waals surface area contributed by atoms with Crippen molar-refractivity contribution in [2.24, 2.45) is 0 Å². The second-order valence-electron chi connectivity index (χ2n) is 3.90. The summed E-state index contributed by atoms with van der Waals surface area (Å²) in [5.41, 5.74) is 0.983. The Balaban J connectivity index is 2.05. The van der Waals surface area contributed by atoms with E-state index in [9.17, 15) is 4.39 Å². The van der Waals surface area contributed by atoms with Crippen molar-refractivity contribution in [1.82, 2.24) is 9.97 Å². The van der Waals surface area contributed by atoms with Crippen LogP contribution in [0.15, 0.2) is 34.9 Å². The summed E-state index contributed by atoms with van der Waals surface area (Å²) >= 11 is 3.39. The Bertz CT molecular complexity index is 545. The zero-order chi connectivity index (χ0) is 13.7. The van der Waals surface area contributed by atoms with Gasteiger partial charge >= 0.3 is 0 Å². The molecule has 0 spiro atoms. The predicted octanol–water partition coefficient (Wildman–Crippen LogP) is 3.42. The van der Waals surface area contributed by atoms with Gasteiger partial charge in [0.05, 0.1) is 4.47 Å². The third-order valence-electron chi connectivity index (χ3n) is 2.45. The molecule has 0 amide bonds. The molecule has 0 aliphatic heterocycles. The molecule has 0 unspecified atom stereocenters. The van der Waals surface area contributed by atoms with E-state index < -0.39 is 0 Å². The SMILES string of the molecule is CCNc1ncc(Br)c(NCc2ccc(F)cc2)n1. The van der Waals surface area contributed by atoms with Crippen LogP contribution in [0, 0.1) is 5.82 Å². The van der Waals surface area contributed by atoms with Crippen LogP contribution in [0.1, 0.15) is 12.5 Å². The maximum atomic E-state index is 12.8. The Morgan fingerprint density at radius 1 is 1.21 bits per heavy atom. The summed E-state index contributed by atoms with van der Waals surface area (Å²) in [6, 6.07) is 6.36. The summed E-state index contributed by atoms with van der Waals surface area (Å²) in [5, 5.41) is 6.24. The second-order valence-corrected chi connectivity index (χ2v) is 4.75. The molecule has 19 heavy (non-hydrogen) atoms. The van der Waals surface area contributed by atoms with E-state index in [1.165, 1.54) is 12.1 Å². The average molecular weight is 325 g/mol. The predicted molar refractivity (Wildman–Crippen MR) is 77.6 cm³/mol. The van der Waals surface area contributed by atoms with Gasteiger partial charge in [0.25, 0.3) is 0 Å². The molecule has 1 aromatic carbocycles.